The molecular weight excluding hydrogens is 273 g/mol. The third-order valence-corrected chi connectivity index (χ3v) is 4.84. The first-order valence-electron chi connectivity index (χ1n) is 8.73. The summed E-state index contributed by atoms with van der Waals surface area (Å²) in [6.45, 7) is 2.72. The Balaban J connectivity index is 1.57. The maximum absolute atomic E-state index is 5.44. The fourth-order valence-electron chi connectivity index (χ4n) is 3.55. The molecule has 0 amide bonds. The molecular formula is C18H27BNO2. The van der Waals surface area contributed by atoms with Crippen LogP contribution >= 0.6 is 0 Å². The molecule has 0 spiro atoms. The van der Waals surface area contributed by atoms with Crippen molar-refractivity contribution in [3.05, 3.63) is 35.4 Å². The quantitative estimate of drug-likeness (QED) is 0.454. The number of ether oxygens (including phenoxy) is 1. The maximum atomic E-state index is 5.44. The SMILES string of the molecule is C[B]ON[C@@H](Cc1cccc(CC2CCCCC2)c1)[C@H]1CO1. The van der Waals surface area contributed by atoms with Gasteiger partial charge < -0.3 is 9.49 Å². The number of epoxide rings is 1. The number of hydroxylamine groups is 1. The Morgan fingerprint density at radius 1 is 1.27 bits per heavy atom. The lowest BCUT2D eigenvalue weighted by Gasteiger charge is -2.22. The van der Waals surface area contributed by atoms with E-state index in [0.29, 0.717) is 6.10 Å². The Morgan fingerprint density at radius 3 is 2.77 bits per heavy atom. The minimum Gasteiger partial charge on any atom is -0.371 e. The van der Waals surface area contributed by atoms with E-state index < -0.39 is 0 Å². The highest BCUT2D eigenvalue weighted by atomic mass is 16.6. The molecule has 1 aromatic rings. The molecule has 1 heterocycles. The summed E-state index contributed by atoms with van der Waals surface area (Å²) in [7, 11) is 1.68. The van der Waals surface area contributed by atoms with Crippen LogP contribution in [0.5, 0.6) is 0 Å². The summed E-state index contributed by atoms with van der Waals surface area (Å²) in [6.07, 6.45) is 9.57. The first kappa shape index (κ1) is 16.0. The van der Waals surface area contributed by atoms with Gasteiger partial charge in [-0.15, -0.1) is 0 Å². The van der Waals surface area contributed by atoms with Crippen LogP contribution in [0.3, 0.4) is 0 Å². The second-order valence-electron chi connectivity index (χ2n) is 6.68. The number of rotatable bonds is 8. The van der Waals surface area contributed by atoms with Crippen molar-refractivity contribution in [1.29, 1.82) is 0 Å². The monoisotopic (exact) mass is 300 g/mol. The molecule has 2 aliphatic rings. The van der Waals surface area contributed by atoms with E-state index in [1.54, 1.807) is 7.48 Å². The molecule has 1 aliphatic heterocycles. The van der Waals surface area contributed by atoms with Crippen molar-refractivity contribution in [1.82, 2.24) is 5.48 Å². The smallest absolute Gasteiger partial charge is 0.320 e. The second kappa shape index (κ2) is 8.14. The van der Waals surface area contributed by atoms with Gasteiger partial charge in [0.2, 0.25) is 0 Å². The third-order valence-electron chi connectivity index (χ3n) is 4.84. The van der Waals surface area contributed by atoms with Crippen molar-refractivity contribution in [2.24, 2.45) is 5.92 Å². The summed E-state index contributed by atoms with van der Waals surface area (Å²) in [4.78, 5) is 0. The molecule has 1 aliphatic carbocycles. The molecule has 119 valence electrons. The summed E-state index contributed by atoms with van der Waals surface area (Å²) in [5, 5.41) is 0. The van der Waals surface area contributed by atoms with E-state index in [0.717, 1.165) is 18.9 Å². The highest BCUT2D eigenvalue weighted by molar-refractivity contribution is 6.24. The van der Waals surface area contributed by atoms with Crippen LogP contribution in [0.25, 0.3) is 0 Å². The molecule has 4 heteroatoms. The summed E-state index contributed by atoms with van der Waals surface area (Å²) < 4.78 is 10.7. The van der Waals surface area contributed by atoms with E-state index in [1.807, 2.05) is 6.82 Å². The minimum absolute atomic E-state index is 0.237. The lowest BCUT2D eigenvalue weighted by molar-refractivity contribution is 0.144. The van der Waals surface area contributed by atoms with Crippen molar-refractivity contribution < 1.29 is 9.49 Å². The van der Waals surface area contributed by atoms with Gasteiger partial charge in [-0.3, -0.25) is 0 Å². The van der Waals surface area contributed by atoms with Gasteiger partial charge in [-0.25, -0.2) is 5.48 Å². The summed E-state index contributed by atoms with van der Waals surface area (Å²) in [5.74, 6) is 0.891. The summed E-state index contributed by atoms with van der Waals surface area (Å²) in [5.41, 5.74) is 5.96. The van der Waals surface area contributed by atoms with Gasteiger partial charge in [0, 0.05) is 0 Å². The molecule has 2 atom stereocenters. The standard InChI is InChI=1S/C18H27BNO2/c1-19-22-20-17(18-13-21-18)12-16-9-5-8-15(11-16)10-14-6-3-2-4-7-14/h5,8-9,11,14,17-18,20H,2-4,6-7,10,12-13H2,1H3/t17-,18+/m0/s1. The fraction of sp³-hybridized carbons (Fsp3) is 0.667. The number of hydrogen-bond donors (Lipinski definition) is 1. The lowest BCUT2D eigenvalue weighted by atomic mass is 9.84. The molecule has 0 unspecified atom stereocenters. The average molecular weight is 300 g/mol. The van der Waals surface area contributed by atoms with Gasteiger partial charge >= 0.3 is 7.48 Å². The van der Waals surface area contributed by atoms with Gasteiger partial charge in [0.15, 0.2) is 0 Å². The zero-order valence-electron chi connectivity index (χ0n) is 13.6. The average Bonchev–Trinajstić information content (AvgIpc) is 3.38. The largest absolute Gasteiger partial charge is 0.371 e. The maximum Gasteiger partial charge on any atom is 0.320 e. The fourth-order valence-corrected chi connectivity index (χ4v) is 3.55. The summed E-state index contributed by atoms with van der Waals surface area (Å²) >= 11 is 0. The normalized spacial score (nSPS) is 23.2. The first-order chi connectivity index (χ1) is 10.8. The van der Waals surface area contributed by atoms with E-state index in [9.17, 15) is 0 Å². The van der Waals surface area contributed by atoms with Gasteiger partial charge in [0.05, 0.1) is 18.8 Å². The van der Waals surface area contributed by atoms with E-state index in [4.69, 9.17) is 9.49 Å². The Bertz CT molecular complexity index is 458. The predicted octanol–water partition coefficient (Wildman–Crippen LogP) is 3.31. The third kappa shape index (κ3) is 4.84. The Morgan fingerprint density at radius 2 is 2.05 bits per heavy atom. The molecule has 1 radical (unpaired) electrons. The van der Waals surface area contributed by atoms with Crippen LogP contribution in [0.4, 0.5) is 0 Å². The first-order valence-corrected chi connectivity index (χ1v) is 8.73. The molecule has 0 aromatic heterocycles. The van der Waals surface area contributed by atoms with Gasteiger partial charge in [0.1, 0.15) is 0 Å². The van der Waals surface area contributed by atoms with Crippen LogP contribution < -0.4 is 5.48 Å². The Labute approximate surface area is 135 Å². The predicted molar refractivity (Wildman–Crippen MR) is 89.8 cm³/mol. The molecule has 1 saturated carbocycles. The van der Waals surface area contributed by atoms with Crippen LogP contribution in [0.15, 0.2) is 24.3 Å². The molecule has 22 heavy (non-hydrogen) atoms. The van der Waals surface area contributed by atoms with Crippen LogP contribution in [0, 0.1) is 5.92 Å². The Kier molecular flexibility index (Phi) is 5.93. The highest BCUT2D eigenvalue weighted by Gasteiger charge is 2.32. The van der Waals surface area contributed by atoms with Gasteiger partial charge in [-0.1, -0.05) is 63.2 Å². The van der Waals surface area contributed by atoms with E-state index in [2.05, 4.69) is 29.7 Å². The zero-order chi connectivity index (χ0) is 15.2. The van der Waals surface area contributed by atoms with E-state index in [1.165, 1.54) is 49.7 Å². The van der Waals surface area contributed by atoms with Crippen molar-refractivity contribution in [3.63, 3.8) is 0 Å². The lowest BCUT2D eigenvalue weighted by Crippen LogP contribution is -2.36. The molecule has 0 bridgehead atoms. The summed E-state index contributed by atoms with van der Waals surface area (Å²) in [6, 6.07) is 9.31. The van der Waals surface area contributed by atoms with E-state index in [-0.39, 0.29) is 6.04 Å². The number of hydrogen-bond acceptors (Lipinski definition) is 3. The molecule has 3 nitrogen and oxygen atoms in total. The van der Waals surface area contributed by atoms with Crippen LogP contribution in [0.1, 0.15) is 43.2 Å². The topological polar surface area (TPSA) is 33.8 Å². The molecule has 1 aromatic carbocycles. The van der Waals surface area contributed by atoms with Crippen molar-refractivity contribution >= 4 is 7.48 Å². The molecule has 2 fully saturated rings. The molecule has 3 rings (SSSR count). The zero-order valence-corrected chi connectivity index (χ0v) is 13.6. The second-order valence-corrected chi connectivity index (χ2v) is 6.68. The molecule has 1 N–H and O–H groups in total. The van der Waals surface area contributed by atoms with E-state index >= 15 is 0 Å². The number of benzene rings is 1. The van der Waals surface area contributed by atoms with Crippen molar-refractivity contribution in [2.45, 2.75) is 63.9 Å². The van der Waals surface area contributed by atoms with Crippen molar-refractivity contribution in [3.8, 4) is 0 Å². The van der Waals surface area contributed by atoms with Crippen LogP contribution in [0.2, 0.25) is 6.82 Å². The number of nitrogens with one attached hydrogen (secondary N) is 1. The van der Waals surface area contributed by atoms with Crippen LogP contribution in [-0.4, -0.2) is 26.2 Å². The molecule has 1 saturated heterocycles. The van der Waals surface area contributed by atoms with Crippen molar-refractivity contribution in [2.75, 3.05) is 6.61 Å². The minimum atomic E-state index is 0.237. The van der Waals surface area contributed by atoms with Gasteiger partial charge in [-0.05, 0) is 29.9 Å². The van der Waals surface area contributed by atoms with Gasteiger partial charge in [-0.2, -0.15) is 0 Å². The highest BCUT2D eigenvalue weighted by Crippen LogP contribution is 2.27. The Hall–Kier alpha value is -0.835. The van der Waals surface area contributed by atoms with Crippen LogP contribution in [-0.2, 0) is 22.3 Å². The van der Waals surface area contributed by atoms with Gasteiger partial charge in [0.25, 0.3) is 0 Å².